The highest BCUT2D eigenvalue weighted by molar-refractivity contribution is 14.2. The number of halogens is 1. The fourth-order valence-corrected chi connectivity index (χ4v) is 1.80. The summed E-state index contributed by atoms with van der Waals surface area (Å²) in [5, 5.41) is 3.36. The highest BCUT2D eigenvalue weighted by Gasteiger charge is 2.01. The van der Waals surface area contributed by atoms with E-state index < -0.39 is 0 Å². The maximum absolute atomic E-state index is 11.6. The third kappa shape index (κ3) is 3.65. The Morgan fingerprint density at radius 2 is 2.17 bits per heavy atom. The summed E-state index contributed by atoms with van der Waals surface area (Å²) in [5.41, 5.74) is 6.57. The normalized spacial score (nSPS) is 9.06. The zero-order valence-electron chi connectivity index (χ0n) is 9.95. The van der Waals surface area contributed by atoms with E-state index in [1.54, 1.807) is 12.1 Å². The van der Waals surface area contributed by atoms with Gasteiger partial charge in [-0.15, -0.1) is 0 Å². The second kappa shape index (κ2) is 7.28. The number of nitrogens with one attached hydrogen (secondary N) is 1. The summed E-state index contributed by atoms with van der Waals surface area (Å²) in [6.45, 7) is 4.00. The molecular formula is C12H12IN3OS. The molecule has 0 atom stereocenters. The number of nitrogens with zero attached hydrogens (tertiary/aromatic N) is 1. The van der Waals surface area contributed by atoms with E-state index in [1.807, 2.05) is 19.9 Å². The molecule has 0 saturated heterocycles. The zero-order valence-corrected chi connectivity index (χ0v) is 12.9. The Morgan fingerprint density at radius 3 is 2.83 bits per heavy atom. The van der Waals surface area contributed by atoms with Crippen LogP contribution in [-0.2, 0) is 0 Å². The average molecular weight is 373 g/mol. The lowest BCUT2D eigenvalue weighted by atomic mass is 10.1. The van der Waals surface area contributed by atoms with Crippen molar-refractivity contribution in [2.45, 2.75) is 13.8 Å². The second-order valence-electron chi connectivity index (χ2n) is 2.99. The fourth-order valence-electron chi connectivity index (χ4n) is 1.31. The van der Waals surface area contributed by atoms with Crippen molar-refractivity contribution in [2.75, 3.05) is 5.73 Å². The number of nitrogens with two attached hydrogens (primary N) is 1. The van der Waals surface area contributed by atoms with Gasteiger partial charge in [-0.05, 0) is 32.4 Å². The van der Waals surface area contributed by atoms with Crippen LogP contribution in [0.1, 0.15) is 19.4 Å². The molecule has 1 aromatic carbocycles. The van der Waals surface area contributed by atoms with E-state index in [9.17, 15) is 4.79 Å². The maximum Gasteiger partial charge on any atom is 0.260 e. The molecule has 0 fully saturated rings. The van der Waals surface area contributed by atoms with Crippen LogP contribution in [0.25, 0.3) is 10.9 Å². The van der Waals surface area contributed by atoms with Crippen molar-refractivity contribution in [1.29, 1.82) is 0 Å². The van der Waals surface area contributed by atoms with Gasteiger partial charge in [0.25, 0.3) is 5.56 Å². The van der Waals surface area contributed by atoms with Crippen LogP contribution < -0.4 is 11.3 Å². The summed E-state index contributed by atoms with van der Waals surface area (Å²) in [4.78, 5) is 18.1. The van der Waals surface area contributed by atoms with Gasteiger partial charge in [0.15, 0.2) is 0 Å². The van der Waals surface area contributed by atoms with Crippen molar-refractivity contribution in [3.05, 3.63) is 34.1 Å². The lowest BCUT2D eigenvalue weighted by Crippen LogP contribution is -2.11. The third-order valence-corrected chi connectivity index (χ3v) is 2.80. The summed E-state index contributed by atoms with van der Waals surface area (Å²) in [5.74, 6) is 3.05. The highest BCUT2D eigenvalue weighted by Crippen LogP contribution is 2.12. The van der Waals surface area contributed by atoms with Gasteiger partial charge in [-0.1, -0.05) is 19.8 Å². The van der Waals surface area contributed by atoms with Gasteiger partial charge in [0, 0.05) is 26.8 Å². The van der Waals surface area contributed by atoms with Gasteiger partial charge < -0.3 is 5.73 Å². The first-order chi connectivity index (χ1) is 8.70. The van der Waals surface area contributed by atoms with Crippen LogP contribution in [-0.4, -0.2) is 9.97 Å². The molecule has 3 N–H and O–H groups in total. The first-order valence-corrected chi connectivity index (χ1v) is 8.65. The molecule has 0 radical (unpaired) electrons. The van der Waals surface area contributed by atoms with Crippen LogP contribution in [0, 0.1) is 11.2 Å². The Bertz CT molecular complexity index is 658. The molecule has 94 valence electrons. The molecule has 1 aromatic heterocycles. The maximum atomic E-state index is 11.6. The molecule has 6 heteroatoms. The van der Waals surface area contributed by atoms with E-state index in [4.69, 9.17) is 5.73 Å². The molecule has 0 spiro atoms. The number of fused-ring (bicyclic) bond motifs is 1. The van der Waals surface area contributed by atoms with Crippen LogP contribution in [0.3, 0.4) is 0 Å². The SMILES string of the molecule is CC.Nc1nc2ccc(C#CSI)cc2c(=O)[nH]1. The van der Waals surface area contributed by atoms with Crippen LogP contribution in [0.4, 0.5) is 5.95 Å². The minimum absolute atomic E-state index is 0.124. The van der Waals surface area contributed by atoms with Crippen molar-refractivity contribution in [3.63, 3.8) is 0 Å². The Kier molecular flexibility index (Phi) is 6.01. The number of nitrogen functional groups attached to an aromatic ring is 1. The zero-order chi connectivity index (χ0) is 13.5. The van der Waals surface area contributed by atoms with E-state index >= 15 is 0 Å². The smallest absolute Gasteiger partial charge is 0.260 e. The van der Waals surface area contributed by atoms with Gasteiger partial charge in [0.2, 0.25) is 5.95 Å². The number of hydrogen-bond donors (Lipinski definition) is 2. The van der Waals surface area contributed by atoms with Gasteiger partial charge in [-0.2, -0.15) is 0 Å². The van der Waals surface area contributed by atoms with E-state index in [0.717, 1.165) is 5.56 Å². The van der Waals surface area contributed by atoms with Gasteiger partial charge in [0.05, 0.1) is 10.9 Å². The number of hydrogen-bond acceptors (Lipinski definition) is 4. The summed E-state index contributed by atoms with van der Waals surface area (Å²) in [7, 11) is 1.40. The summed E-state index contributed by atoms with van der Waals surface area (Å²) in [6.07, 6.45) is 0. The minimum Gasteiger partial charge on any atom is -0.369 e. The Balaban J connectivity index is 0.000000771. The number of benzene rings is 1. The summed E-state index contributed by atoms with van der Waals surface area (Å²) >= 11 is 2.09. The van der Waals surface area contributed by atoms with Gasteiger partial charge >= 0.3 is 0 Å². The topological polar surface area (TPSA) is 71.8 Å². The molecule has 1 heterocycles. The van der Waals surface area contributed by atoms with Crippen molar-refractivity contribution in [2.24, 2.45) is 0 Å². The fraction of sp³-hybridized carbons (Fsp3) is 0.167. The third-order valence-electron chi connectivity index (χ3n) is 1.96. The number of H-pyrrole nitrogens is 1. The van der Waals surface area contributed by atoms with E-state index in [0.29, 0.717) is 10.9 Å². The number of rotatable bonds is 0. The van der Waals surface area contributed by atoms with Gasteiger partial charge in [-0.25, -0.2) is 4.98 Å². The summed E-state index contributed by atoms with van der Waals surface area (Å²) < 4.78 is 0. The number of aromatic amines is 1. The summed E-state index contributed by atoms with van der Waals surface area (Å²) in [6, 6.07) is 5.26. The predicted molar refractivity (Wildman–Crippen MR) is 86.6 cm³/mol. The first-order valence-electron chi connectivity index (χ1n) is 5.29. The van der Waals surface area contributed by atoms with Crippen molar-refractivity contribution in [1.82, 2.24) is 9.97 Å². The molecule has 0 aliphatic rings. The molecule has 0 aliphatic carbocycles. The molecule has 4 nitrogen and oxygen atoms in total. The van der Waals surface area contributed by atoms with E-state index in [-0.39, 0.29) is 11.5 Å². The van der Waals surface area contributed by atoms with E-state index in [1.165, 1.54) is 8.93 Å². The van der Waals surface area contributed by atoms with Crippen LogP contribution in [0.15, 0.2) is 23.0 Å². The van der Waals surface area contributed by atoms with Gasteiger partial charge in [0.1, 0.15) is 0 Å². The minimum atomic E-state index is -0.242. The molecule has 18 heavy (non-hydrogen) atoms. The quantitative estimate of drug-likeness (QED) is 0.550. The largest absolute Gasteiger partial charge is 0.369 e. The van der Waals surface area contributed by atoms with Crippen molar-refractivity contribution in [3.8, 4) is 11.2 Å². The van der Waals surface area contributed by atoms with Crippen molar-refractivity contribution >= 4 is 47.0 Å². The number of anilines is 1. The molecule has 0 unspecified atom stereocenters. The Labute approximate surface area is 121 Å². The molecular weight excluding hydrogens is 361 g/mol. The van der Waals surface area contributed by atoms with Gasteiger partial charge in [-0.3, -0.25) is 9.78 Å². The monoisotopic (exact) mass is 373 g/mol. The molecule has 0 aliphatic heterocycles. The molecule has 2 rings (SSSR count). The van der Waals surface area contributed by atoms with E-state index in [2.05, 4.69) is 42.3 Å². The lowest BCUT2D eigenvalue weighted by Gasteiger charge is -1.98. The highest BCUT2D eigenvalue weighted by atomic mass is 127. The first kappa shape index (κ1) is 14.9. The van der Waals surface area contributed by atoms with Crippen molar-refractivity contribution < 1.29 is 0 Å². The Morgan fingerprint density at radius 1 is 1.44 bits per heavy atom. The van der Waals surface area contributed by atoms with Crippen LogP contribution in [0.5, 0.6) is 0 Å². The molecule has 0 bridgehead atoms. The molecule has 2 aromatic rings. The van der Waals surface area contributed by atoms with Crippen LogP contribution in [0.2, 0.25) is 0 Å². The van der Waals surface area contributed by atoms with Crippen LogP contribution >= 0.6 is 30.1 Å². The number of aromatic nitrogens is 2. The lowest BCUT2D eigenvalue weighted by molar-refractivity contribution is 1.19. The Hall–Kier alpha value is -1.20. The average Bonchev–Trinajstić information content (AvgIpc) is 2.39. The standard InChI is InChI=1S/C10H6IN3OS.C2H6/c11-16-4-3-6-1-2-8-7(5-6)9(15)14-10(12)13-8;1-2/h1-2,5H,(H3,12,13,14,15);1-2H3. The predicted octanol–water partition coefficient (Wildman–Crippen LogP) is 2.92. The second-order valence-corrected chi connectivity index (χ2v) is 4.67. The molecule has 0 saturated carbocycles. The molecule has 0 amide bonds.